The minimum atomic E-state index is -0.509. The van der Waals surface area contributed by atoms with Crippen LogP contribution in [0, 0.1) is 11.6 Å². The zero-order valence-electron chi connectivity index (χ0n) is 15.4. The van der Waals surface area contributed by atoms with Crippen molar-refractivity contribution in [1.29, 1.82) is 0 Å². The van der Waals surface area contributed by atoms with Gasteiger partial charge in [-0.1, -0.05) is 36.4 Å². The number of hydrogen-bond donors (Lipinski definition) is 0. The molecule has 6 heteroatoms. The molecule has 0 fully saturated rings. The molecular weight excluding hydrogens is 350 g/mol. The van der Waals surface area contributed by atoms with Gasteiger partial charge in [-0.05, 0) is 29.3 Å². The van der Waals surface area contributed by atoms with Crippen molar-refractivity contribution < 1.29 is 18.3 Å². The summed E-state index contributed by atoms with van der Waals surface area (Å²) in [5.41, 5.74) is 1.69. The first-order chi connectivity index (χ1) is 13.0. The van der Waals surface area contributed by atoms with Gasteiger partial charge in [0, 0.05) is 32.8 Å². The average Bonchev–Trinajstić information content (AvgIpc) is 3.13. The van der Waals surface area contributed by atoms with Crippen LogP contribution in [0.3, 0.4) is 0 Å². The number of urea groups is 1. The number of amides is 2. The Morgan fingerprint density at radius 3 is 2.67 bits per heavy atom. The predicted octanol–water partition coefficient (Wildman–Crippen LogP) is 4.10. The van der Waals surface area contributed by atoms with Crippen LogP contribution in [0.25, 0.3) is 5.57 Å². The lowest BCUT2D eigenvalue weighted by atomic mass is 10.0. The van der Waals surface area contributed by atoms with E-state index in [0.29, 0.717) is 18.7 Å². The third-order valence-electron chi connectivity index (χ3n) is 4.65. The van der Waals surface area contributed by atoms with E-state index in [2.05, 4.69) is 0 Å². The van der Waals surface area contributed by atoms with Gasteiger partial charge in [-0.3, -0.25) is 0 Å². The molecular formula is C21H22F2N2O2. The summed E-state index contributed by atoms with van der Waals surface area (Å²) in [6, 6.07) is 12.3. The lowest BCUT2D eigenvalue weighted by Crippen LogP contribution is -2.42. The van der Waals surface area contributed by atoms with Crippen molar-refractivity contribution in [2.75, 3.05) is 33.9 Å². The fourth-order valence-electron chi connectivity index (χ4n) is 3.19. The van der Waals surface area contributed by atoms with Crippen molar-refractivity contribution in [3.8, 4) is 0 Å². The van der Waals surface area contributed by atoms with E-state index in [0.717, 1.165) is 17.7 Å². The molecule has 2 amide bonds. The van der Waals surface area contributed by atoms with E-state index in [-0.39, 0.29) is 24.2 Å². The first-order valence-electron chi connectivity index (χ1n) is 8.73. The topological polar surface area (TPSA) is 32.8 Å². The highest BCUT2D eigenvalue weighted by molar-refractivity contribution is 5.82. The minimum Gasteiger partial charge on any atom is -0.383 e. The zero-order valence-corrected chi connectivity index (χ0v) is 15.4. The summed E-state index contributed by atoms with van der Waals surface area (Å²) in [4.78, 5) is 16.2. The van der Waals surface area contributed by atoms with Crippen molar-refractivity contribution in [2.24, 2.45) is 0 Å². The van der Waals surface area contributed by atoms with Gasteiger partial charge in [-0.15, -0.1) is 0 Å². The Labute approximate surface area is 157 Å². The summed E-state index contributed by atoms with van der Waals surface area (Å²) >= 11 is 0. The molecule has 1 aliphatic heterocycles. The van der Waals surface area contributed by atoms with E-state index < -0.39 is 11.6 Å². The second-order valence-electron chi connectivity index (χ2n) is 6.50. The lowest BCUT2D eigenvalue weighted by Gasteiger charge is -2.30. The van der Waals surface area contributed by atoms with Crippen LogP contribution in [0.4, 0.5) is 13.6 Å². The van der Waals surface area contributed by atoms with E-state index in [1.54, 1.807) is 24.0 Å². The molecule has 27 heavy (non-hydrogen) atoms. The summed E-state index contributed by atoms with van der Waals surface area (Å²) in [6.45, 7) is 1.07. The van der Waals surface area contributed by atoms with Gasteiger partial charge in [-0.2, -0.15) is 0 Å². The molecule has 0 aliphatic carbocycles. The zero-order chi connectivity index (χ0) is 19.4. The van der Waals surface area contributed by atoms with Crippen molar-refractivity contribution >= 4 is 11.6 Å². The largest absolute Gasteiger partial charge is 0.383 e. The fourth-order valence-corrected chi connectivity index (χ4v) is 3.19. The summed E-state index contributed by atoms with van der Waals surface area (Å²) in [7, 11) is 3.28. The third-order valence-corrected chi connectivity index (χ3v) is 4.65. The quantitative estimate of drug-likeness (QED) is 0.792. The van der Waals surface area contributed by atoms with Gasteiger partial charge in [0.15, 0.2) is 0 Å². The Balaban J connectivity index is 1.94. The molecule has 2 aromatic carbocycles. The van der Waals surface area contributed by atoms with Crippen molar-refractivity contribution in [3.05, 3.63) is 77.4 Å². The molecule has 2 aromatic rings. The fraction of sp³-hybridized carbons (Fsp3) is 0.286. The van der Waals surface area contributed by atoms with Crippen LogP contribution in [-0.2, 0) is 4.74 Å². The minimum absolute atomic E-state index is 0.186. The SMILES string of the molecule is COCCN(C)C(=O)N1CC(c2cc(F)ccc2F)=CC1c1ccccc1. The molecule has 1 heterocycles. The Hall–Kier alpha value is -2.73. The highest BCUT2D eigenvalue weighted by Gasteiger charge is 2.33. The third kappa shape index (κ3) is 4.17. The maximum Gasteiger partial charge on any atom is 0.320 e. The Bertz CT molecular complexity index is 839. The molecule has 142 valence electrons. The standard InChI is InChI=1S/C21H22F2N2O2/c1-24(10-11-27-2)21(26)25-14-16(18-13-17(22)8-9-19(18)23)12-20(25)15-6-4-3-5-7-15/h3-9,12-13,20H,10-11,14H2,1-2H3. The Kier molecular flexibility index (Phi) is 5.86. The van der Waals surface area contributed by atoms with Gasteiger partial charge in [0.05, 0.1) is 12.6 Å². The maximum atomic E-state index is 14.3. The number of methoxy groups -OCH3 is 1. The molecule has 1 aliphatic rings. The van der Waals surface area contributed by atoms with E-state index in [1.807, 2.05) is 36.4 Å². The Morgan fingerprint density at radius 2 is 1.96 bits per heavy atom. The number of likely N-dealkylation sites (N-methyl/N-ethyl adjacent to an activating group) is 1. The summed E-state index contributed by atoms with van der Waals surface area (Å²) in [5, 5.41) is 0. The molecule has 1 unspecified atom stereocenters. The smallest absolute Gasteiger partial charge is 0.320 e. The van der Waals surface area contributed by atoms with Crippen LogP contribution >= 0.6 is 0 Å². The molecule has 0 radical (unpaired) electrons. The van der Waals surface area contributed by atoms with Crippen LogP contribution in [0.1, 0.15) is 17.2 Å². The summed E-state index contributed by atoms with van der Waals surface area (Å²) in [5.74, 6) is -1.01. The number of carbonyl (C=O) groups excluding carboxylic acids is 1. The van der Waals surface area contributed by atoms with Crippen LogP contribution in [0.5, 0.6) is 0 Å². The molecule has 0 N–H and O–H groups in total. The monoisotopic (exact) mass is 372 g/mol. The Morgan fingerprint density at radius 1 is 1.22 bits per heavy atom. The van der Waals surface area contributed by atoms with Crippen molar-refractivity contribution in [2.45, 2.75) is 6.04 Å². The van der Waals surface area contributed by atoms with Gasteiger partial charge >= 0.3 is 6.03 Å². The molecule has 0 spiro atoms. The second kappa shape index (κ2) is 8.31. The van der Waals surface area contributed by atoms with Gasteiger partial charge in [0.25, 0.3) is 0 Å². The van der Waals surface area contributed by atoms with E-state index in [1.165, 1.54) is 6.07 Å². The van der Waals surface area contributed by atoms with Gasteiger partial charge < -0.3 is 14.5 Å². The number of nitrogens with zero attached hydrogens (tertiary/aromatic N) is 2. The molecule has 1 atom stereocenters. The van der Waals surface area contributed by atoms with Crippen LogP contribution < -0.4 is 0 Å². The van der Waals surface area contributed by atoms with Crippen molar-refractivity contribution in [1.82, 2.24) is 9.80 Å². The normalized spacial score (nSPS) is 16.4. The van der Waals surface area contributed by atoms with Gasteiger partial charge in [0.1, 0.15) is 11.6 Å². The number of carbonyl (C=O) groups is 1. The highest BCUT2D eigenvalue weighted by atomic mass is 19.1. The number of ether oxygens (including phenoxy) is 1. The number of hydrogen-bond acceptors (Lipinski definition) is 2. The van der Waals surface area contributed by atoms with E-state index >= 15 is 0 Å². The molecule has 4 nitrogen and oxygen atoms in total. The van der Waals surface area contributed by atoms with Crippen LogP contribution in [0.15, 0.2) is 54.6 Å². The first kappa shape index (κ1) is 19.0. The molecule has 0 saturated carbocycles. The van der Waals surface area contributed by atoms with Crippen molar-refractivity contribution in [3.63, 3.8) is 0 Å². The van der Waals surface area contributed by atoms with Gasteiger partial charge in [0.2, 0.25) is 0 Å². The lowest BCUT2D eigenvalue weighted by molar-refractivity contribution is 0.135. The first-order valence-corrected chi connectivity index (χ1v) is 8.73. The van der Waals surface area contributed by atoms with E-state index in [4.69, 9.17) is 4.74 Å². The van der Waals surface area contributed by atoms with Gasteiger partial charge in [-0.25, -0.2) is 13.6 Å². The number of rotatable bonds is 5. The summed E-state index contributed by atoms with van der Waals surface area (Å²) < 4.78 is 33.0. The number of halogens is 2. The van der Waals surface area contributed by atoms with E-state index in [9.17, 15) is 13.6 Å². The summed E-state index contributed by atoms with van der Waals surface area (Å²) in [6.07, 6.45) is 1.83. The number of benzene rings is 2. The highest BCUT2D eigenvalue weighted by Crippen LogP contribution is 2.36. The predicted molar refractivity (Wildman–Crippen MR) is 100 cm³/mol. The average molecular weight is 372 g/mol. The second-order valence-corrected chi connectivity index (χ2v) is 6.50. The van der Waals surface area contributed by atoms with Crippen LogP contribution in [0.2, 0.25) is 0 Å². The molecule has 0 bridgehead atoms. The van der Waals surface area contributed by atoms with Crippen LogP contribution in [-0.4, -0.2) is 49.7 Å². The molecule has 0 aromatic heterocycles. The molecule has 3 rings (SSSR count). The molecule has 0 saturated heterocycles. The maximum absolute atomic E-state index is 14.3.